The van der Waals surface area contributed by atoms with Gasteiger partial charge in [-0.3, -0.25) is 4.99 Å². The standard InChI is InChI=1S/C8H11BrF3N3/c1-7(2,8(10,11)12)6-14-3-4(13)5(9)15-6/h3,6,15H,13H2,1-2H3. The van der Waals surface area contributed by atoms with Gasteiger partial charge in [-0.1, -0.05) is 0 Å². The first-order valence-electron chi connectivity index (χ1n) is 4.18. The maximum absolute atomic E-state index is 12.7. The van der Waals surface area contributed by atoms with Crippen LogP contribution in [-0.2, 0) is 0 Å². The van der Waals surface area contributed by atoms with Crippen LogP contribution in [0.5, 0.6) is 0 Å². The van der Waals surface area contributed by atoms with Crippen molar-refractivity contribution in [2.45, 2.75) is 26.2 Å². The number of nitrogens with one attached hydrogen (secondary N) is 1. The molecule has 1 rings (SSSR count). The van der Waals surface area contributed by atoms with E-state index in [2.05, 4.69) is 26.2 Å². The van der Waals surface area contributed by atoms with Crippen LogP contribution in [-0.4, -0.2) is 18.6 Å². The molecule has 0 saturated heterocycles. The van der Waals surface area contributed by atoms with Gasteiger partial charge in [0.1, 0.15) is 16.2 Å². The minimum absolute atomic E-state index is 0.282. The fourth-order valence-corrected chi connectivity index (χ4v) is 1.29. The van der Waals surface area contributed by atoms with Gasteiger partial charge in [0, 0.05) is 6.21 Å². The van der Waals surface area contributed by atoms with Crippen molar-refractivity contribution in [1.29, 1.82) is 0 Å². The predicted molar refractivity (Wildman–Crippen MR) is 55.4 cm³/mol. The molecule has 0 fully saturated rings. The average molecular weight is 286 g/mol. The van der Waals surface area contributed by atoms with Crippen LogP contribution in [0.3, 0.4) is 0 Å². The van der Waals surface area contributed by atoms with E-state index in [4.69, 9.17) is 5.73 Å². The molecule has 1 atom stereocenters. The highest BCUT2D eigenvalue weighted by molar-refractivity contribution is 9.11. The van der Waals surface area contributed by atoms with Gasteiger partial charge in [0.2, 0.25) is 0 Å². The second kappa shape index (κ2) is 3.70. The molecule has 86 valence electrons. The molecule has 3 N–H and O–H groups in total. The van der Waals surface area contributed by atoms with E-state index in [1.54, 1.807) is 0 Å². The Labute approximate surface area is 93.7 Å². The lowest BCUT2D eigenvalue weighted by atomic mass is 9.88. The van der Waals surface area contributed by atoms with E-state index in [1.165, 1.54) is 6.21 Å². The fraction of sp³-hybridized carbons (Fsp3) is 0.625. The van der Waals surface area contributed by atoms with E-state index in [0.29, 0.717) is 4.61 Å². The lowest BCUT2D eigenvalue weighted by Gasteiger charge is -2.35. The molecule has 0 bridgehead atoms. The molecule has 3 nitrogen and oxygen atoms in total. The summed E-state index contributed by atoms with van der Waals surface area (Å²) >= 11 is 3.04. The van der Waals surface area contributed by atoms with Crippen LogP contribution in [0, 0.1) is 5.41 Å². The van der Waals surface area contributed by atoms with Gasteiger partial charge in [-0.2, -0.15) is 13.2 Å². The van der Waals surface area contributed by atoms with Gasteiger partial charge >= 0.3 is 6.18 Å². The zero-order valence-electron chi connectivity index (χ0n) is 8.19. The second-order valence-corrected chi connectivity index (χ2v) is 4.61. The topological polar surface area (TPSA) is 50.4 Å². The first-order valence-corrected chi connectivity index (χ1v) is 4.97. The molecule has 15 heavy (non-hydrogen) atoms. The molecular formula is C8H11BrF3N3. The van der Waals surface area contributed by atoms with Gasteiger partial charge in [0.15, 0.2) is 0 Å². The molecule has 0 amide bonds. The molecule has 0 spiro atoms. The number of nitrogens with two attached hydrogens (primary N) is 1. The summed E-state index contributed by atoms with van der Waals surface area (Å²) in [5, 5.41) is 2.57. The summed E-state index contributed by atoms with van der Waals surface area (Å²) in [4.78, 5) is 3.73. The summed E-state index contributed by atoms with van der Waals surface area (Å²) in [7, 11) is 0. The van der Waals surface area contributed by atoms with Crippen molar-refractivity contribution in [3.63, 3.8) is 0 Å². The summed E-state index contributed by atoms with van der Waals surface area (Å²) in [5.41, 5.74) is 3.76. The molecule has 7 heteroatoms. The molecular weight excluding hydrogens is 275 g/mol. The largest absolute Gasteiger partial charge is 0.397 e. The highest BCUT2D eigenvalue weighted by atomic mass is 79.9. The Bertz CT molecular complexity index is 320. The van der Waals surface area contributed by atoms with E-state index in [-0.39, 0.29) is 5.70 Å². The van der Waals surface area contributed by atoms with Crippen molar-refractivity contribution in [2.24, 2.45) is 16.1 Å². The zero-order chi connectivity index (χ0) is 11.9. The minimum atomic E-state index is -4.33. The van der Waals surface area contributed by atoms with Gasteiger partial charge in [0.05, 0.1) is 5.70 Å². The summed E-state index contributed by atoms with van der Waals surface area (Å²) in [6, 6.07) is 0. The van der Waals surface area contributed by atoms with Gasteiger partial charge in [-0.15, -0.1) is 0 Å². The Balaban J connectivity index is 2.91. The quantitative estimate of drug-likeness (QED) is 0.725. The Morgan fingerprint density at radius 2 is 2.00 bits per heavy atom. The molecule has 0 radical (unpaired) electrons. The maximum atomic E-state index is 12.7. The number of alkyl halides is 3. The predicted octanol–water partition coefficient (Wildman–Crippen LogP) is 2.10. The number of rotatable bonds is 1. The van der Waals surface area contributed by atoms with Crippen LogP contribution in [0.25, 0.3) is 0 Å². The number of hydrogen-bond acceptors (Lipinski definition) is 3. The monoisotopic (exact) mass is 285 g/mol. The van der Waals surface area contributed by atoms with Crippen LogP contribution in [0.2, 0.25) is 0 Å². The third-order valence-corrected chi connectivity index (χ3v) is 2.98. The molecule has 0 aromatic carbocycles. The summed E-state index contributed by atoms with van der Waals surface area (Å²) < 4.78 is 38.3. The van der Waals surface area contributed by atoms with Crippen LogP contribution < -0.4 is 11.1 Å². The first kappa shape index (κ1) is 12.4. The molecule has 1 heterocycles. The second-order valence-electron chi connectivity index (χ2n) is 3.81. The van der Waals surface area contributed by atoms with Gasteiger partial charge in [-0.05, 0) is 29.8 Å². The van der Waals surface area contributed by atoms with Crippen LogP contribution in [0.4, 0.5) is 13.2 Å². The van der Waals surface area contributed by atoms with Gasteiger partial charge in [0.25, 0.3) is 0 Å². The van der Waals surface area contributed by atoms with Crippen molar-refractivity contribution < 1.29 is 13.2 Å². The maximum Gasteiger partial charge on any atom is 0.397 e. The third kappa shape index (κ3) is 2.27. The highest BCUT2D eigenvalue weighted by Gasteiger charge is 2.53. The van der Waals surface area contributed by atoms with Crippen molar-refractivity contribution >= 4 is 22.1 Å². The van der Waals surface area contributed by atoms with Crippen molar-refractivity contribution in [1.82, 2.24) is 5.32 Å². The molecule has 0 aromatic rings. The third-order valence-electron chi connectivity index (χ3n) is 2.29. The normalized spacial score (nSPS) is 22.9. The molecule has 0 saturated carbocycles. The van der Waals surface area contributed by atoms with E-state index < -0.39 is 17.8 Å². The van der Waals surface area contributed by atoms with Crippen LogP contribution in [0.15, 0.2) is 15.3 Å². The van der Waals surface area contributed by atoms with E-state index in [1.807, 2.05) is 0 Å². The Kier molecular flexibility index (Phi) is 3.04. The van der Waals surface area contributed by atoms with Crippen LogP contribution in [0.1, 0.15) is 13.8 Å². The number of aliphatic imine (C=N–C) groups is 1. The number of halogens is 4. The summed E-state index contributed by atoms with van der Waals surface area (Å²) in [5.74, 6) is 0. The van der Waals surface area contributed by atoms with E-state index in [9.17, 15) is 13.2 Å². The summed E-state index contributed by atoms with van der Waals surface area (Å²) in [6.07, 6.45) is -4.18. The first-order chi connectivity index (χ1) is 6.66. The lowest BCUT2D eigenvalue weighted by Crippen LogP contribution is -2.50. The Morgan fingerprint density at radius 1 is 1.47 bits per heavy atom. The fourth-order valence-electron chi connectivity index (χ4n) is 0.974. The zero-order valence-corrected chi connectivity index (χ0v) is 9.78. The molecule has 0 aliphatic carbocycles. The minimum Gasteiger partial charge on any atom is -0.395 e. The van der Waals surface area contributed by atoms with Crippen LogP contribution >= 0.6 is 15.9 Å². The smallest absolute Gasteiger partial charge is 0.395 e. The van der Waals surface area contributed by atoms with Gasteiger partial charge in [-0.25, -0.2) is 0 Å². The van der Waals surface area contributed by atoms with Crippen molar-refractivity contribution in [3.8, 4) is 0 Å². The van der Waals surface area contributed by atoms with Crippen molar-refractivity contribution in [2.75, 3.05) is 0 Å². The van der Waals surface area contributed by atoms with E-state index >= 15 is 0 Å². The molecule has 1 unspecified atom stereocenters. The number of hydrogen-bond donors (Lipinski definition) is 2. The van der Waals surface area contributed by atoms with Crippen molar-refractivity contribution in [3.05, 3.63) is 10.3 Å². The number of nitrogens with zero attached hydrogens (tertiary/aromatic N) is 1. The number of allylic oxidation sites excluding steroid dienone is 1. The highest BCUT2D eigenvalue weighted by Crippen LogP contribution is 2.41. The average Bonchev–Trinajstić information content (AvgIpc) is 2.07. The molecule has 0 aromatic heterocycles. The van der Waals surface area contributed by atoms with E-state index in [0.717, 1.165) is 13.8 Å². The van der Waals surface area contributed by atoms with Gasteiger partial charge < -0.3 is 11.1 Å². The summed E-state index contributed by atoms with van der Waals surface area (Å²) in [6.45, 7) is 2.17. The Hall–Kier alpha value is -0.720. The SMILES string of the molecule is CC(C)(C1N=CC(N)=C(Br)N1)C(F)(F)F. The Morgan fingerprint density at radius 3 is 2.40 bits per heavy atom. The lowest BCUT2D eigenvalue weighted by molar-refractivity contribution is -0.219. The molecule has 1 aliphatic heterocycles. The molecule has 1 aliphatic rings.